The van der Waals surface area contributed by atoms with Crippen LogP contribution >= 0.6 is 11.6 Å². The van der Waals surface area contributed by atoms with Crippen LogP contribution in [0, 0.1) is 11.3 Å². The van der Waals surface area contributed by atoms with Crippen molar-refractivity contribution in [2.75, 3.05) is 25.2 Å². The molecule has 7 nitrogen and oxygen atoms in total. The first-order chi connectivity index (χ1) is 11.5. The Bertz CT molecular complexity index is 789. The second kappa shape index (κ2) is 7.70. The number of ether oxygens (including phenoxy) is 2. The number of hydrogen-bond acceptors (Lipinski definition) is 7. The van der Waals surface area contributed by atoms with E-state index in [-0.39, 0.29) is 17.3 Å². The second-order valence-electron chi connectivity index (χ2n) is 4.99. The van der Waals surface area contributed by atoms with Gasteiger partial charge >= 0.3 is 0 Å². The molecule has 0 radical (unpaired) electrons. The summed E-state index contributed by atoms with van der Waals surface area (Å²) in [6.45, 7) is 2.60. The molecule has 0 bridgehead atoms. The van der Waals surface area contributed by atoms with E-state index < -0.39 is 0 Å². The molecule has 1 heterocycles. The predicted octanol–water partition coefficient (Wildman–Crippen LogP) is 3.02. The number of halogens is 1. The maximum atomic E-state index is 9.31. The Balaban J connectivity index is 2.54. The van der Waals surface area contributed by atoms with Crippen molar-refractivity contribution < 1.29 is 9.47 Å². The molecule has 0 unspecified atom stereocenters. The number of nitrogens with two attached hydrogens (primary N) is 2. The van der Waals surface area contributed by atoms with Crippen molar-refractivity contribution >= 4 is 23.4 Å². The monoisotopic (exact) mass is 347 g/mol. The van der Waals surface area contributed by atoms with Crippen molar-refractivity contribution in [1.29, 1.82) is 5.26 Å². The number of rotatable bonds is 6. The van der Waals surface area contributed by atoms with Gasteiger partial charge < -0.3 is 20.9 Å². The molecule has 1 aromatic heterocycles. The minimum atomic E-state index is -0.0279. The highest BCUT2D eigenvalue weighted by molar-refractivity contribution is 6.32. The molecule has 0 saturated carbocycles. The lowest BCUT2D eigenvalue weighted by molar-refractivity contribution is 0.288. The summed E-state index contributed by atoms with van der Waals surface area (Å²) >= 11 is 6.32. The van der Waals surface area contributed by atoms with Gasteiger partial charge in [-0.3, -0.25) is 0 Å². The molecule has 0 aliphatic heterocycles. The third-order valence-electron chi connectivity index (χ3n) is 3.31. The summed E-state index contributed by atoms with van der Waals surface area (Å²) < 4.78 is 11.0. The van der Waals surface area contributed by atoms with Crippen molar-refractivity contribution in [3.05, 3.63) is 22.7 Å². The summed E-state index contributed by atoms with van der Waals surface area (Å²) in [7, 11) is 1.51. The number of benzene rings is 1. The Morgan fingerprint density at radius 2 is 2.04 bits per heavy atom. The van der Waals surface area contributed by atoms with Crippen molar-refractivity contribution in [3.8, 4) is 28.8 Å². The maximum absolute atomic E-state index is 9.31. The molecule has 0 spiro atoms. The zero-order valence-electron chi connectivity index (χ0n) is 13.5. The van der Waals surface area contributed by atoms with Gasteiger partial charge in [0.25, 0.3) is 0 Å². The van der Waals surface area contributed by atoms with Crippen LogP contribution in [-0.4, -0.2) is 23.7 Å². The van der Waals surface area contributed by atoms with Crippen LogP contribution in [0.4, 0.5) is 11.8 Å². The summed E-state index contributed by atoms with van der Waals surface area (Å²) in [6.07, 6.45) is 1.90. The van der Waals surface area contributed by atoms with Gasteiger partial charge in [0.1, 0.15) is 17.5 Å². The quantitative estimate of drug-likeness (QED) is 0.770. The summed E-state index contributed by atoms with van der Waals surface area (Å²) in [5, 5.41) is 9.65. The lowest BCUT2D eigenvalue weighted by Crippen LogP contribution is -2.05. The Morgan fingerprint density at radius 3 is 2.67 bits per heavy atom. The smallest absolute Gasteiger partial charge is 0.222 e. The van der Waals surface area contributed by atoms with E-state index in [0.717, 1.165) is 12.8 Å². The fourth-order valence-electron chi connectivity index (χ4n) is 2.13. The number of nitriles is 1. The van der Waals surface area contributed by atoms with Gasteiger partial charge in [-0.05, 0) is 18.6 Å². The number of anilines is 2. The summed E-state index contributed by atoms with van der Waals surface area (Å²) in [4.78, 5) is 7.90. The van der Waals surface area contributed by atoms with Gasteiger partial charge in [-0.1, -0.05) is 24.9 Å². The molecule has 0 fully saturated rings. The van der Waals surface area contributed by atoms with Gasteiger partial charge in [0.05, 0.1) is 24.4 Å². The molecule has 0 atom stereocenters. The molecule has 24 heavy (non-hydrogen) atoms. The van der Waals surface area contributed by atoms with Crippen molar-refractivity contribution in [1.82, 2.24) is 9.97 Å². The Hall–Kier alpha value is -2.72. The fraction of sp³-hybridized carbons (Fsp3) is 0.312. The molecular formula is C16H18ClN5O2. The van der Waals surface area contributed by atoms with E-state index in [2.05, 4.69) is 16.9 Å². The van der Waals surface area contributed by atoms with E-state index in [1.807, 2.05) is 6.07 Å². The van der Waals surface area contributed by atoms with E-state index in [1.54, 1.807) is 12.1 Å². The van der Waals surface area contributed by atoms with Gasteiger partial charge in [0.15, 0.2) is 11.5 Å². The van der Waals surface area contributed by atoms with Crippen LogP contribution in [0.3, 0.4) is 0 Å². The number of nitrogen functional groups attached to an aromatic ring is 2. The number of methoxy groups -OCH3 is 1. The number of nitrogens with zero attached hydrogens (tertiary/aromatic N) is 3. The zero-order chi connectivity index (χ0) is 17.7. The van der Waals surface area contributed by atoms with Gasteiger partial charge in [-0.2, -0.15) is 10.2 Å². The fourth-order valence-corrected chi connectivity index (χ4v) is 2.40. The molecular weight excluding hydrogens is 330 g/mol. The summed E-state index contributed by atoms with van der Waals surface area (Å²) in [6, 6.07) is 5.29. The van der Waals surface area contributed by atoms with Crippen LogP contribution in [0.5, 0.6) is 11.5 Å². The summed E-state index contributed by atoms with van der Waals surface area (Å²) in [5.41, 5.74) is 12.3. The Kier molecular flexibility index (Phi) is 5.66. The van der Waals surface area contributed by atoms with Crippen LogP contribution in [0.25, 0.3) is 11.3 Å². The SMILES string of the molecule is CCCCOc1c(Cl)cc(-c2nc(N)nc(N)c2C#N)cc1OC. The van der Waals surface area contributed by atoms with Crippen LogP contribution < -0.4 is 20.9 Å². The average molecular weight is 348 g/mol. The lowest BCUT2D eigenvalue weighted by atomic mass is 10.1. The highest BCUT2D eigenvalue weighted by Gasteiger charge is 2.18. The summed E-state index contributed by atoms with van der Waals surface area (Å²) in [5.74, 6) is 0.872. The largest absolute Gasteiger partial charge is 0.493 e. The highest BCUT2D eigenvalue weighted by atomic mass is 35.5. The first-order valence-corrected chi connectivity index (χ1v) is 7.73. The number of hydrogen-bond donors (Lipinski definition) is 2. The normalized spacial score (nSPS) is 10.2. The van der Waals surface area contributed by atoms with Gasteiger partial charge in [0.2, 0.25) is 5.95 Å². The van der Waals surface area contributed by atoms with Gasteiger partial charge in [-0.25, -0.2) is 4.98 Å². The van der Waals surface area contributed by atoms with Gasteiger partial charge in [0, 0.05) is 5.56 Å². The zero-order valence-corrected chi connectivity index (χ0v) is 14.2. The van der Waals surface area contributed by atoms with E-state index >= 15 is 0 Å². The van der Waals surface area contributed by atoms with Crippen LogP contribution in [-0.2, 0) is 0 Å². The van der Waals surface area contributed by atoms with Crippen LogP contribution in [0.15, 0.2) is 12.1 Å². The van der Waals surface area contributed by atoms with Gasteiger partial charge in [-0.15, -0.1) is 0 Å². The topological polar surface area (TPSA) is 120 Å². The standard InChI is InChI=1S/C16H18ClN5O2/c1-3-4-5-24-14-11(17)6-9(7-12(14)23-2)13-10(8-18)15(19)22-16(20)21-13/h6-7H,3-5H2,1-2H3,(H4,19,20,21,22). The molecule has 2 rings (SSSR count). The Morgan fingerprint density at radius 1 is 1.29 bits per heavy atom. The molecule has 4 N–H and O–H groups in total. The van der Waals surface area contributed by atoms with E-state index in [1.165, 1.54) is 7.11 Å². The second-order valence-corrected chi connectivity index (χ2v) is 5.40. The average Bonchev–Trinajstić information content (AvgIpc) is 2.55. The maximum Gasteiger partial charge on any atom is 0.222 e. The highest BCUT2D eigenvalue weighted by Crippen LogP contribution is 2.40. The first-order valence-electron chi connectivity index (χ1n) is 7.35. The molecule has 126 valence electrons. The van der Waals surface area contributed by atoms with Crippen molar-refractivity contribution in [3.63, 3.8) is 0 Å². The third kappa shape index (κ3) is 3.60. The van der Waals surface area contributed by atoms with E-state index in [9.17, 15) is 5.26 Å². The van der Waals surface area contributed by atoms with Crippen molar-refractivity contribution in [2.24, 2.45) is 0 Å². The number of aromatic nitrogens is 2. The van der Waals surface area contributed by atoms with Crippen molar-refractivity contribution in [2.45, 2.75) is 19.8 Å². The minimum absolute atomic E-state index is 0.0124. The molecule has 8 heteroatoms. The number of unbranched alkanes of at least 4 members (excludes halogenated alkanes) is 1. The molecule has 0 aliphatic rings. The predicted molar refractivity (Wildman–Crippen MR) is 93.0 cm³/mol. The lowest BCUT2D eigenvalue weighted by Gasteiger charge is -2.14. The third-order valence-corrected chi connectivity index (χ3v) is 3.59. The van der Waals surface area contributed by atoms with Crippen LogP contribution in [0.2, 0.25) is 5.02 Å². The molecule has 0 amide bonds. The first kappa shape index (κ1) is 17.6. The molecule has 2 aromatic rings. The minimum Gasteiger partial charge on any atom is -0.493 e. The van der Waals surface area contributed by atoms with E-state index in [0.29, 0.717) is 34.4 Å². The molecule has 0 aliphatic carbocycles. The molecule has 1 aromatic carbocycles. The molecule has 0 saturated heterocycles. The van der Waals surface area contributed by atoms with Crippen LogP contribution in [0.1, 0.15) is 25.3 Å². The Labute approximate surface area is 145 Å². The van der Waals surface area contributed by atoms with E-state index in [4.69, 9.17) is 32.5 Å².